The molecule has 33 heavy (non-hydrogen) atoms. The number of likely N-dealkylation sites (tertiary alicyclic amines) is 1. The standard InChI is InChI=1S/C27H29N5O/c28-18-20-6-9-25(10-7-20)32-16-13-29-26(27(32)33)30-24-11-14-31(15-12-24)19-21-5-8-22-3-1-2-4-23(22)17-21/h1-10,13,16-17,24H,11-12,14-15,18-19,28H2,(H,29,30). The maximum absolute atomic E-state index is 13.0. The van der Waals surface area contributed by atoms with Crippen LogP contribution in [-0.2, 0) is 13.1 Å². The fraction of sp³-hybridized carbons (Fsp3) is 0.259. The van der Waals surface area contributed by atoms with Crippen molar-refractivity contribution in [3.8, 4) is 5.69 Å². The van der Waals surface area contributed by atoms with Crippen molar-refractivity contribution >= 4 is 16.6 Å². The lowest BCUT2D eigenvalue weighted by atomic mass is 10.0. The van der Waals surface area contributed by atoms with Gasteiger partial charge >= 0.3 is 0 Å². The fourth-order valence-corrected chi connectivity index (χ4v) is 4.53. The number of hydrogen-bond acceptors (Lipinski definition) is 5. The van der Waals surface area contributed by atoms with Gasteiger partial charge in [0.2, 0.25) is 0 Å². The van der Waals surface area contributed by atoms with E-state index in [0.717, 1.165) is 43.7 Å². The zero-order valence-electron chi connectivity index (χ0n) is 18.7. The predicted octanol–water partition coefficient (Wildman–Crippen LogP) is 3.92. The molecule has 1 aromatic heterocycles. The number of rotatable bonds is 6. The van der Waals surface area contributed by atoms with E-state index in [1.165, 1.54) is 16.3 Å². The average molecular weight is 440 g/mol. The summed E-state index contributed by atoms with van der Waals surface area (Å²) in [5, 5.41) is 5.97. The van der Waals surface area contributed by atoms with Gasteiger partial charge in [0, 0.05) is 50.3 Å². The second-order valence-corrected chi connectivity index (χ2v) is 8.70. The summed E-state index contributed by atoms with van der Waals surface area (Å²) in [4.78, 5) is 19.8. The number of nitrogens with two attached hydrogens (primary N) is 1. The van der Waals surface area contributed by atoms with Crippen molar-refractivity contribution in [2.75, 3.05) is 18.4 Å². The molecule has 0 bridgehead atoms. The molecule has 0 saturated carbocycles. The summed E-state index contributed by atoms with van der Waals surface area (Å²) in [5.41, 5.74) is 8.74. The van der Waals surface area contributed by atoms with E-state index in [-0.39, 0.29) is 11.6 Å². The van der Waals surface area contributed by atoms with E-state index in [2.05, 4.69) is 57.7 Å². The molecule has 4 aromatic rings. The van der Waals surface area contributed by atoms with Crippen molar-refractivity contribution in [2.45, 2.75) is 32.0 Å². The summed E-state index contributed by atoms with van der Waals surface area (Å²) in [6.45, 7) is 3.42. The Morgan fingerprint density at radius 3 is 2.42 bits per heavy atom. The van der Waals surface area contributed by atoms with E-state index in [0.29, 0.717) is 12.4 Å². The minimum atomic E-state index is -0.128. The van der Waals surface area contributed by atoms with Gasteiger partial charge in [0.15, 0.2) is 5.82 Å². The number of piperidine rings is 1. The molecule has 168 valence electrons. The molecule has 6 nitrogen and oxygen atoms in total. The molecule has 0 radical (unpaired) electrons. The molecular formula is C27H29N5O. The number of hydrogen-bond donors (Lipinski definition) is 2. The van der Waals surface area contributed by atoms with Crippen LogP contribution in [0.5, 0.6) is 0 Å². The van der Waals surface area contributed by atoms with Gasteiger partial charge in [0.25, 0.3) is 5.56 Å². The predicted molar refractivity (Wildman–Crippen MR) is 134 cm³/mol. The molecule has 1 saturated heterocycles. The Morgan fingerprint density at radius 2 is 1.67 bits per heavy atom. The molecule has 3 N–H and O–H groups in total. The monoisotopic (exact) mass is 439 g/mol. The Balaban J connectivity index is 1.21. The lowest BCUT2D eigenvalue weighted by Gasteiger charge is -2.32. The number of aromatic nitrogens is 2. The Bertz CT molecular complexity index is 1290. The van der Waals surface area contributed by atoms with Gasteiger partial charge in [0.05, 0.1) is 0 Å². The quantitative estimate of drug-likeness (QED) is 0.476. The third-order valence-corrected chi connectivity index (χ3v) is 6.44. The molecule has 3 aromatic carbocycles. The largest absolute Gasteiger partial charge is 0.363 e. The van der Waals surface area contributed by atoms with Crippen LogP contribution in [0.1, 0.15) is 24.0 Å². The number of fused-ring (bicyclic) bond motifs is 1. The van der Waals surface area contributed by atoms with Crippen LogP contribution in [0.4, 0.5) is 5.82 Å². The van der Waals surface area contributed by atoms with Crippen LogP contribution in [0.15, 0.2) is 83.9 Å². The maximum atomic E-state index is 13.0. The fourth-order valence-electron chi connectivity index (χ4n) is 4.53. The summed E-state index contributed by atoms with van der Waals surface area (Å²) < 4.78 is 1.63. The summed E-state index contributed by atoms with van der Waals surface area (Å²) in [7, 11) is 0. The van der Waals surface area contributed by atoms with Gasteiger partial charge in [-0.25, -0.2) is 4.98 Å². The van der Waals surface area contributed by atoms with Crippen LogP contribution in [0.25, 0.3) is 16.5 Å². The first kappa shape index (κ1) is 21.4. The zero-order valence-corrected chi connectivity index (χ0v) is 18.7. The third-order valence-electron chi connectivity index (χ3n) is 6.44. The number of benzene rings is 3. The summed E-state index contributed by atoms with van der Waals surface area (Å²) in [6, 6.07) is 23.2. The molecule has 0 spiro atoms. The van der Waals surface area contributed by atoms with Crippen LogP contribution in [0.3, 0.4) is 0 Å². The van der Waals surface area contributed by atoms with Crippen molar-refractivity contribution < 1.29 is 0 Å². The van der Waals surface area contributed by atoms with Gasteiger partial charge in [-0.2, -0.15) is 0 Å². The SMILES string of the molecule is NCc1ccc(-n2ccnc(NC3CCN(Cc4ccc5ccccc5c4)CC3)c2=O)cc1. The third kappa shape index (κ3) is 4.82. The lowest BCUT2D eigenvalue weighted by Crippen LogP contribution is -2.40. The molecule has 6 heteroatoms. The molecule has 1 fully saturated rings. The van der Waals surface area contributed by atoms with E-state index in [9.17, 15) is 4.79 Å². The highest BCUT2D eigenvalue weighted by molar-refractivity contribution is 5.82. The average Bonchev–Trinajstić information content (AvgIpc) is 2.86. The molecule has 0 amide bonds. The van der Waals surface area contributed by atoms with E-state index < -0.39 is 0 Å². The van der Waals surface area contributed by atoms with Gasteiger partial charge in [-0.15, -0.1) is 0 Å². The topological polar surface area (TPSA) is 76.2 Å². The van der Waals surface area contributed by atoms with Gasteiger partial charge in [-0.3, -0.25) is 14.3 Å². The van der Waals surface area contributed by atoms with Crippen molar-refractivity contribution in [3.05, 3.63) is 101 Å². The Kier molecular flexibility index (Phi) is 6.19. The molecular weight excluding hydrogens is 410 g/mol. The van der Waals surface area contributed by atoms with Crippen LogP contribution in [0.2, 0.25) is 0 Å². The summed E-state index contributed by atoms with van der Waals surface area (Å²) in [6.07, 6.45) is 5.34. The minimum absolute atomic E-state index is 0.128. The molecule has 0 atom stereocenters. The van der Waals surface area contributed by atoms with Crippen LogP contribution >= 0.6 is 0 Å². The molecule has 1 aliphatic heterocycles. The Labute approximate surface area is 193 Å². The van der Waals surface area contributed by atoms with E-state index in [4.69, 9.17) is 5.73 Å². The highest BCUT2D eigenvalue weighted by Crippen LogP contribution is 2.20. The minimum Gasteiger partial charge on any atom is -0.363 e. The first-order chi connectivity index (χ1) is 16.2. The second-order valence-electron chi connectivity index (χ2n) is 8.70. The van der Waals surface area contributed by atoms with Crippen molar-refractivity contribution in [3.63, 3.8) is 0 Å². The van der Waals surface area contributed by atoms with E-state index in [1.807, 2.05) is 24.3 Å². The zero-order chi connectivity index (χ0) is 22.6. The van der Waals surface area contributed by atoms with Gasteiger partial charge < -0.3 is 11.1 Å². The molecule has 1 aliphatic rings. The van der Waals surface area contributed by atoms with E-state index in [1.54, 1.807) is 17.0 Å². The smallest absolute Gasteiger partial charge is 0.297 e. The Morgan fingerprint density at radius 1 is 0.939 bits per heavy atom. The van der Waals surface area contributed by atoms with E-state index >= 15 is 0 Å². The Hall–Kier alpha value is -3.48. The van der Waals surface area contributed by atoms with Crippen LogP contribution in [0, 0.1) is 0 Å². The number of anilines is 1. The number of nitrogens with one attached hydrogen (secondary N) is 1. The highest BCUT2D eigenvalue weighted by Gasteiger charge is 2.21. The first-order valence-corrected chi connectivity index (χ1v) is 11.5. The first-order valence-electron chi connectivity index (χ1n) is 11.5. The van der Waals surface area contributed by atoms with Crippen LogP contribution < -0.4 is 16.6 Å². The van der Waals surface area contributed by atoms with Crippen molar-refractivity contribution in [1.82, 2.24) is 14.5 Å². The maximum Gasteiger partial charge on any atom is 0.297 e. The molecule has 0 aliphatic carbocycles. The van der Waals surface area contributed by atoms with Gasteiger partial charge in [-0.1, -0.05) is 48.5 Å². The molecule has 5 rings (SSSR count). The second kappa shape index (κ2) is 9.57. The number of nitrogens with zero attached hydrogens (tertiary/aromatic N) is 3. The highest BCUT2D eigenvalue weighted by atomic mass is 16.1. The van der Waals surface area contributed by atoms with Crippen molar-refractivity contribution in [1.29, 1.82) is 0 Å². The van der Waals surface area contributed by atoms with Crippen LogP contribution in [-0.4, -0.2) is 33.6 Å². The summed E-state index contributed by atoms with van der Waals surface area (Å²) >= 11 is 0. The lowest BCUT2D eigenvalue weighted by molar-refractivity contribution is 0.211. The van der Waals surface area contributed by atoms with Crippen molar-refractivity contribution in [2.24, 2.45) is 5.73 Å². The molecule has 0 unspecified atom stereocenters. The summed E-state index contributed by atoms with van der Waals surface area (Å²) in [5.74, 6) is 0.411. The van der Waals surface area contributed by atoms with Gasteiger partial charge in [0.1, 0.15) is 0 Å². The van der Waals surface area contributed by atoms with Gasteiger partial charge in [-0.05, 0) is 52.9 Å². The normalized spacial score (nSPS) is 15.1. The molecule has 2 heterocycles.